The smallest absolute Gasteiger partial charge is 0.145 e. The topological polar surface area (TPSA) is 43.4 Å². The molecule has 1 fully saturated rings. The van der Waals surface area contributed by atoms with Gasteiger partial charge in [0.25, 0.3) is 0 Å². The first-order valence-electron chi connectivity index (χ1n) is 6.70. The highest BCUT2D eigenvalue weighted by atomic mass is 16.6. The van der Waals surface area contributed by atoms with E-state index in [1.54, 1.807) is 0 Å². The predicted octanol–water partition coefficient (Wildman–Crippen LogP) is 2.12. The molecular formula is C15H18N2O2. The molecule has 1 aromatic heterocycles. The standard InChI is InChI=1S/C15H18N2O2/c1-2-16-8-11-7-15(19-12-9-18-10-12)13-5-3-4-6-14(13)17-11/h3-7,12,16H,2,8-10H2,1H3. The van der Waals surface area contributed by atoms with Crippen LogP contribution in [0.5, 0.6) is 5.75 Å². The normalized spacial score (nSPS) is 15.4. The van der Waals surface area contributed by atoms with Crippen LogP contribution in [0.15, 0.2) is 30.3 Å². The zero-order valence-corrected chi connectivity index (χ0v) is 11.1. The summed E-state index contributed by atoms with van der Waals surface area (Å²) in [7, 11) is 0. The molecule has 4 heteroatoms. The summed E-state index contributed by atoms with van der Waals surface area (Å²) in [5.41, 5.74) is 1.99. The van der Waals surface area contributed by atoms with Crippen LogP contribution in [0.1, 0.15) is 12.6 Å². The summed E-state index contributed by atoms with van der Waals surface area (Å²) in [5, 5.41) is 4.36. The van der Waals surface area contributed by atoms with Crippen molar-refractivity contribution in [1.29, 1.82) is 0 Å². The highest BCUT2D eigenvalue weighted by molar-refractivity contribution is 5.85. The first-order valence-corrected chi connectivity index (χ1v) is 6.70. The van der Waals surface area contributed by atoms with Crippen molar-refractivity contribution < 1.29 is 9.47 Å². The van der Waals surface area contributed by atoms with Crippen molar-refractivity contribution in [3.8, 4) is 5.75 Å². The minimum Gasteiger partial charge on any atom is -0.485 e. The Hall–Kier alpha value is -1.65. The molecule has 0 bridgehead atoms. The minimum atomic E-state index is 0.179. The van der Waals surface area contributed by atoms with E-state index in [0.29, 0.717) is 13.2 Å². The van der Waals surface area contributed by atoms with Crippen molar-refractivity contribution in [1.82, 2.24) is 10.3 Å². The Bertz CT molecular complexity index is 567. The lowest BCUT2D eigenvalue weighted by molar-refractivity contribution is -0.0791. The minimum absolute atomic E-state index is 0.179. The second-order valence-electron chi connectivity index (χ2n) is 4.69. The molecule has 1 saturated heterocycles. The predicted molar refractivity (Wildman–Crippen MR) is 74.4 cm³/mol. The van der Waals surface area contributed by atoms with E-state index in [1.165, 1.54) is 0 Å². The summed E-state index contributed by atoms with van der Waals surface area (Å²) >= 11 is 0. The van der Waals surface area contributed by atoms with Gasteiger partial charge in [-0.15, -0.1) is 0 Å². The Morgan fingerprint density at radius 3 is 2.95 bits per heavy atom. The summed E-state index contributed by atoms with van der Waals surface area (Å²) in [4.78, 5) is 4.65. The summed E-state index contributed by atoms with van der Waals surface area (Å²) < 4.78 is 11.2. The van der Waals surface area contributed by atoms with Crippen LogP contribution in [0, 0.1) is 0 Å². The summed E-state index contributed by atoms with van der Waals surface area (Å²) in [5.74, 6) is 0.909. The Morgan fingerprint density at radius 1 is 1.37 bits per heavy atom. The molecule has 1 N–H and O–H groups in total. The number of pyridine rings is 1. The zero-order valence-electron chi connectivity index (χ0n) is 11.1. The third kappa shape index (κ3) is 2.69. The van der Waals surface area contributed by atoms with Crippen molar-refractivity contribution in [3.05, 3.63) is 36.0 Å². The number of para-hydroxylation sites is 1. The van der Waals surface area contributed by atoms with Gasteiger partial charge in [-0.1, -0.05) is 19.1 Å². The van der Waals surface area contributed by atoms with Gasteiger partial charge in [0.2, 0.25) is 0 Å². The number of ether oxygens (including phenoxy) is 2. The Morgan fingerprint density at radius 2 is 2.21 bits per heavy atom. The number of nitrogens with one attached hydrogen (secondary N) is 1. The van der Waals surface area contributed by atoms with Gasteiger partial charge in [0, 0.05) is 18.0 Å². The van der Waals surface area contributed by atoms with E-state index < -0.39 is 0 Å². The highest BCUT2D eigenvalue weighted by Gasteiger charge is 2.21. The first-order chi connectivity index (χ1) is 9.36. The molecular weight excluding hydrogens is 240 g/mol. The second kappa shape index (κ2) is 5.55. The molecule has 1 aromatic carbocycles. The molecule has 3 rings (SSSR count). The van der Waals surface area contributed by atoms with Gasteiger partial charge in [0.1, 0.15) is 11.9 Å². The van der Waals surface area contributed by atoms with Crippen molar-refractivity contribution >= 4 is 10.9 Å². The second-order valence-corrected chi connectivity index (χ2v) is 4.69. The van der Waals surface area contributed by atoms with Gasteiger partial charge in [0.15, 0.2) is 0 Å². The van der Waals surface area contributed by atoms with E-state index in [-0.39, 0.29) is 6.10 Å². The first kappa shape index (κ1) is 12.4. The molecule has 100 valence electrons. The van der Waals surface area contributed by atoms with E-state index in [9.17, 15) is 0 Å². The third-order valence-corrected chi connectivity index (χ3v) is 3.19. The summed E-state index contributed by atoms with van der Waals surface area (Å²) in [6.07, 6.45) is 0.179. The summed E-state index contributed by atoms with van der Waals surface area (Å²) in [6.45, 7) is 5.14. The van der Waals surface area contributed by atoms with Gasteiger partial charge in [-0.2, -0.15) is 0 Å². The number of hydrogen-bond acceptors (Lipinski definition) is 4. The van der Waals surface area contributed by atoms with Crippen molar-refractivity contribution in [2.24, 2.45) is 0 Å². The molecule has 0 spiro atoms. The summed E-state index contributed by atoms with van der Waals surface area (Å²) in [6, 6.07) is 10.1. The van der Waals surface area contributed by atoms with Crippen LogP contribution >= 0.6 is 0 Å². The van der Waals surface area contributed by atoms with Crippen LogP contribution in [0.2, 0.25) is 0 Å². The molecule has 4 nitrogen and oxygen atoms in total. The molecule has 1 aliphatic heterocycles. The van der Waals surface area contributed by atoms with Crippen LogP contribution in [-0.4, -0.2) is 30.8 Å². The van der Waals surface area contributed by atoms with Crippen molar-refractivity contribution in [2.45, 2.75) is 19.6 Å². The quantitative estimate of drug-likeness (QED) is 0.892. The zero-order chi connectivity index (χ0) is 13.1. The van der Waals surface area contributed by atoms with Gasteiger partial charge >= 0.3 is 0 Å². The van der Waals surface area contributed by atoms with Gasteiger partial charge in [-0.3, -0.25) is 4.98 Å². The maximum atomic E-state index is 5.99. The Balaban J connectivity index is 1.95. The number of rotatable bonds is 5. The highest BCUT2D eigenvalue weighted by Crippen LogP contribution is 2.27. The molecule has 0 amide bonds. The van der Waals surface area contributed by atoms with E-state index in [1.807, 2.05) is 30.3 Å². The largest absolute Gasteiger partial charge is 0.485 e. The van der Waals surface area contributed by atoms with Crippen LogP contribution in [0.25, 0.3) is 10.9 Å². The maximum absolute atomic E-state index is 5.99. The Labute approximate surface area is 112 Å². The lowest BCUT2D eigenvalue weighted by Crippen LogP contribution is -2.38. The maximum Gasteiger partial charge on any atom is 0.145 e. The van der Waals surface area contributed by atoms with E-state index in [4.69, 9.17) is 9.47 Å². The molecule has 0 saturated carbocycles. The van der Waals surface area contributed by atoms with Gasteiger partial charge in [0.05, 0.1) is 24.4 Å². The fourth-order valence-electron chi connectivity index (χ4n) is 2.10. The van der Waals surface area contributed by atoms with Crippen molar-refractivity contribution in [3.63, 3.8) is 0 Å². The lowest BCUT2D eigenvalue weighted by atomic mass is 10.1. The molecule has 19 heavy (non-hydrogen) atoms. The number of benzene rings is 1. The van der Waals surface area contributed by atoms with E-state index in [2.05, 4.69) is 17.2 Å². The van der Waals surface area contributed by atoms with Crippen molar-refractivity contribution in [2.75, 3.05) is 19.8 Å². The SMILES string of the molecule is CCNCc1cc(OC2COC2)c2ccccc2n1. The number of fused-ring (bicyclic) bond motifs is 1. The fourth-order valence-corrected chi connectivity index (χ4v) is 2.10. The molecule has 0 atom stereocenters. The average molecular weight is 258 g/mol. The van der Waals surface area contributed by atoms with Crippen LogP contribution in [-0.2, 0) is 11.3 Å². The fraction of sp³-hybridized carbons (Fsp3) is 0.400. The molecule has 0 radical (unpaired) electrons. The number of hydrogen-bond donors (Lipinski definition) is 1. The van der Waals surface area contributed by atoms with Gasteiger partial charge in [-0.05, 0) is 18.7 Å². The number of nitrogens with zero attached hydrogens (tertiary/aromatic N) is 1. The molecule has 0 unspecified atom stereocenters. The Kier molecular flexibility index (Phi) is 3.62. The van der Waals surface area contributed by atoms with Crippen LogP contribution < -0.4 is 10.1 Å². The van der Waals surface area contributed by atoms with E-state index in [0.717, 1.165) is 35.4 Å². The monoisotopic (exact) mass is 258 g/mol. The average Bonchev–Trinajstić information content (AvgIpc) is 2.40. The van der Waals surface area contributed by atoms with Gasteiger partial charge in [-0.25, -0.2) is 0 Å². The van der Waals surface area contributed by atoms with Crippen LogP contribution in [0.3, 0.4) is 0 Å². The van der Waals surface area contributed by atoms with Crippen LogP contribution in [0.4, 0.5) is 0 Å². The molecule has 0 aliphatic carbocycles. The van der Waals surface area contributed by atoms with Gasteiger partial charge < -0.3 is 14.8 Å². The third-order valence-electron chi connectivity index (χ3n) is 3.19. The molecule has 1 aliphatic rings. The number of aromatic nitrogens is 1. The van der Waals surface area contributed by atoms with E-state index >= 15 is 0 Å². The molecule has 2 aromatic rings. The lowest BCUT2D eigenvalue weighted by Gasteiger charge is -2.27. The molecule has 2 heterocycles.